The first-order valence-electron chi connectivity index (χ1n) is 10.4. The van der Waals surface area contributed by atoms with E-state index in [1.165, 1.54) is 11.8 Å². The van der Waals surface area contributed by atoms with Crippen LogP contribution in [0.3, 0.4) is 0 Å². The fourth-order valence-electron chi connectivity index (χ4n) is 3.38. The summed E-state index contributed by atoms with van der Waals surface area (Å²) in [5.41, 5.74) is 4.48. The van der Waals surface area contributed by atoms with Crippen LogP contribution in [0.5, 0.6) is 0 Å². The number of aryl methyl sites for hydroxylation is 2. The highest BCUT2D eigenvalue weighted by Gasteiger charge is 2.23. The number of nitrogens with zero attached hydrogens (tertiary/aromatic N) is 5. The number of halogens is 1. The molecule has 4 aromatic rings. The molecule has 0 saturated carbocycles. The van der Waals surface area contributed by atoms with E-state index in [0.717, 1.165) is 22.6 Å². The quantitative estimate of drug-likeness (QED) is 0.293. The second-order valence-electron chi connectivity index (χ2n) is 7.60. The van der Waals surface area contributed by atoms with Crippen molar-refractivity contribution >= 4 is 29.3 Å². The molecule has 0 aliphatic heterocycles. The number of thioether (sulfide) groups is 1. The Bertz CT molecular complexity index is 1240. The summed E-state index contributed by atoms with van der Waals surface area (Å²) in [6.45, 7) is 5.80. The second kappa shape index (κ2) is 10.1. The van der Waals surface area contributed by atoms with Crippen LogP contribution >= 0.6 is 23.4 Å². The number of carbonyl (C=O) groups is 1. The van der Waals surface area contributed by atoms with Crippen molar-refractivity contribution in [3.05, 3.63) is 94.0 Å². The number of amides is 1. The first-order chi connectivity index (χ1) is 15.9. The van der Waals surface area contributed by atoms with E-state index in [-0.39, 0.29) is 17.6 Å². The Labute approximate surface area is 201 Å². The van der Waals surface area contributed by atoms with Gasteiger partial charge in [-0.05, 0) is 56.7 Å². The third-order valence-corrected chi connectivity index (χ3v) is 6.11. The highest BCUT2D eigenvalue weighted by molar-refractivity contribution is 7.98. The molecule has 0 aliphatic carbocycles. The number of hydrogen-bond donors (Lipinski definition) is 1. The van der Waals surface area contributed by atoms with Crippen LogP contribution in [0.1, 0.15) is 46.1 Å². The second-order valence-corrected chi connectivity index (χ2v) is 8.98. The van der Waals surface area contributed by atoms with Crippen LogP contribution in [0.2, 0.25) is 5.02 Å². The van der Waals surface area contributed by atoms with E-state index >= 15 is 0 Å². The lowest BCUT2D eigenvalue weighted by atomic mass is 10.1. The summed E-state index contributed by atoms with van der Waals surface area (Å²) in [6.07, 6.45) is 0. The van der Waals surface area contributed by atoms with Crippen LogP contribution in [0.4, 0.5) is 0 Å². The zero-order valence-electron chi connectivity index (χ0n) is 18.5. The monoisotopic (exact) mass is 478 g/mol. The van der Waals surface area contributed by atoms with Crippen molar-refractivity contribution < 1.29 is 4.79 Å². The van der Waals surface area contributed by atoms with Crippen molar-refractivity contribution in [2.75, 3.05) is 0 Å². The third kappa shape index (κ3) is 5.58. The first kappa shape index (κ1) is 22.9. The molecule has 1 amide bonds. The average Bonchev–Trinajstić information content (AvgIpc) is 3.22. The molecule has 0 saturated heterocycles. The molecule has 168 valence electrons. The molecule has 2 aromatic carbocycles. The molecule has 7 nitrogen and oxygen atoms in total. The highest BCUT2D eigenvalue weighted by Crippen LogP contribution is 2.25. The van der Waals surface area contributed by atoms with Crippen LogP contribution in [-0.2, 0) is 5.75 Å². The Kier molecular flexibility index (Phi) is 7.05. The van der Waals surface area contributed by atoms with Gasteiger partial charge in [-0.25, -0.2) is 14.6 Å². The average molecular weight is 479 g/mol. The summed E-state index contributed by atoms with van der Waals surface area (Å²) < 4.78 is 1.66. The molecule has 0 spiro atoms. The van der Waals surface area contributed by atoms with E-state index in [4.69, 9.17) is 11.6 Å². The smallest absolute Gasteiger partial charge is 0.274 e. The number of nitrogens with one attached hydrogen (secondary N) is 1. The van der Waals surface area contributed by atoms with E-state index in [1.807, 2.05) is 69.3 Å². The SMILES string of the molecule is Cc1cc(C)nc(SCc2c(C(=O)NC(C)c3ccccc3)nnn2-c2ccc(Cl)cc2)n1. The van der Waals surface area contributed by atoms with Gasteiger partial charge in [-0.2, -0.15) is 0 Å². The molecule has 0 fully saturated rings. The molecule has 0 radical (unpaired) electrons. The lowest BCUT2D eigenvalue weighted by molar-refractivity contribution is 0.0934. The fourth-order valence-corrected chi connectivity index (χ4v) is 4.45. The predicted molar refractivity (Wildman–Crippen MR) is 130 cm³/mol. The molecule has 0 aliphatic rings. The number of hydrogen-bond acceptors (Lipinski definition) is 6. The number of carbonyl (C=O) groups excluding carboxylic acids is 1. The van der Waals surface area contributed by atoms with Gasteiger partial charge in [0.2, 0.25) is 0 Å². The predicted octanol–water partition coefficient (Wildman–Crippen LogP) is 5.11. The number of aromatic nitrogens is 5. The Balaban J connectivity index is 1.64. The van der Waals surface area contributed by atoms with E-state index in [0.29, 0.717) is 21.6 Å². The molecule has 1 unspecified atom stereocenters. The zero-order valence-corrected chi connectivity index (χ0v) is 20.1. The fraction of sp³-hybridized carbons (Fsp3) is 0.208. The van der Waals surface area contributed by atoms with Crippen LogP contribution in [-0.4, -0.2) is 30.9 Å². The Morgan fingerprint density at radius 1 is 1.06 bits per heavy atom. The van der Waals surface area contributed by atoms with E-state index in [1.54, 1.807) is 16.8 Å². The summed E-state index contributed by atoms with van der Waals surface area (Å²) in [5, 5.41) is 12.8. The van der Waals surface area contributed by atoms with E-state index in [2.05, 4.69) is 25.6 Å². The third-order valence-electron chi connectivity index (χ3n) is 5.00. The molecule has 1 atom stereocenters. The number of rotatable bonds is 7. The Morgan fingerprint density at radius 3 is 2.39 bits per heavy atom. The molecule has 0 bridgehead atoms. The Morgan fingerprint density at radius 2 is 1.73 bits per heavy atom. The summed E-state index contributed by atoms with van der Waals surface area (Å²) in [7, 11) is 0. The summed E-state index contributed by atoms with van der Waals surface area (Å²) >= 11 is 7.49. The topological polar surface area (TPSA) is 85.6 Å². The van der Waals surface area contributed by atoms with Gasteiger partial charge in [-0.15, -0.1) is 5.10 Å². The lowest BCUT2D eigenvalue weighted by Crippen LogP contribution is -2.28. The minimum atomic E-state index is -0.288. The lowest BCUT2D eigenvalue weighted by Gasteiger charge is -2.14. The maximum absolute atomic E-state index is 13.2. The maximum Gasteiger partial charge on any atom is 0.274 e. The molecular weight excluding hydrogens is 456 g/mol. The van der Waals surface area contributed by atoms with Gasteiger partial charge in [0.05, 0.1) is 17.4 Å². The van der Waals surface area contributed by atoms with Gasteiger partial charge in [0.15, 0.2) is 10.9 Å². The van der Waals surface area contributed by atoms with Crippen LogP contribution < -0.4 is 5.32 Å². The van der Waals surface area contributed by atoms with E-state index < -0.39 is 0 Å². The summed E-state index contributed by atoms with van der Waals surface area (Å²) in [5.74, 6) is 0.129. The van der Waals surface area contributed by atoms with Crippen molar-refractivity contribution in [2.24, 2.45) is 0 Å². The standard InChI is InChI=1S/C24H23ClN6OS/c1-15-13-16(2)27-24(26-15)33-14-21-22(23(32)28-17(3)18-7-5-4-6-8-18)29-30-31(21)20-11-9-19(25)10-12-20/h4-13,17H,14H2,1-3H3,(H,28,32). The van der Waals surface area contributed by atoms with Crippen LogP contribution in [0, 0.1) is 13.8 Å². The Hall–Kier alpha value is -3.23. The minimum absolute atomic E-state index is 0.178. The molecule has 1 N–H and O–H groups in total. The molecule has 33 heavy (non-hydrogen) atoms. The molecule has 4 rings (SSSR count). The van der Waals surface area contributed by atoms with Crippen molar-refractivity contribution in [3.63, 3.8) is 0 Å². The van der Waals surface area contributed by atoms with Gasteiger partial charge in [-0.1, -0.05) is 58.9 Å². The van der Waals surface area contributed by atoms with Crippen molar-refractivity contribution in [1.29, 1.82) is 0 Å². The first-order valence-corrected chi connectivity index (χ1v) is 11.8. The van der Waals surface area contributed by atoms with Crippen molar-refractivity contribution in [1.82, 2.24) is 30.3 Å². The zero-order chi connectivity index (χ0) is 23.4. The highest BCUT2D eigenvalue weighted by atomic mass is 35.5. The normalized spacial score (nSPS) is 11.9. The summed E-state index contributed by atoms with van der Waals surface area (Å²) in [6, 6.07) is 18.8. The van der Waals surface area contributed by atoms with Gasteiger partial charge in [0, 0.05) is 22.2 Å². The maximum atomic E-state index is 13.2. The van der Waals surface area contributed by atoms with Gasteiger partial charge >= 0.3 is 0 Å². The molecular formula is C24H23ClN6OS. The number of benzene rings is 2. The largest absolute Gasteiger partial charge is 0.344 e. The molecule has 2 aromatic heterocycles. The molecule has 9 heteroatoms. The van der Waals surface area contributed by atoms with Crippen molar-refractivity contribution in [3.8, 4) is 5.69 Å². The van der Waals surface area contributed by atoms with Gasteiger partial charge < -0.3 is 5.32 Å². The van der Waals surface area contributed by atoms with E-state index in [9.17, 15) is 4.79 Å². The van der Waals surface area contributed by atoms with Crippen molar-refractivity contribution in [2.45, 2.75) is 37.7 Å². The van der Waals surface area contributed by atoms with Gasteiger partial charge in [0.25, 0.3) is 5.91 Å². The minimum Gasteiger partial charge on any atom is -0.344 e. The molecule has 2 heterocycles. The summed E-state index contributed by atoms with van der Waals surface area (Å²) in [4.78, 5) is 22.2. The van der Waals surface area contributed by atoms with Gasteiger partial charge in [0.1, 0.15) is 0 Å². The van der Waals surface area contributed by atoms with Crippen LogP contribution in [0.25, 0.3) is 5.69 Å². The van der Waals surface area contributed by atoms with Gasteiger partial charge in [-0.3, -0.25) is 4.79 Å². The van der Waals surface area contributed by atoms with Crippen LogP contribution in [0.15, 0.2) is 65.8 Å².